The fourth-order valence-electron chi connectivity index (χ4n) is 3.15. The molecule has 0 atom stereocenters. The summed E-state index contributed by atoms with van der Waals surface area (Å²) >= 11 is 0. The summed E-state index contributed by atoms with van der Waals surface area (Å²) in [4.78, 5) is 29.6. The molecule has 0 radical (unpaired) electrons. The van der Waals surface area contributed by atoms with E-state index in [0.29, 0.717) is 11.5 Å². The van der Waals surface area contributed by atoms with Crippen LogP contribution in [0.2, 0.25) is 0 Å². The zero-order valence-corrected chi connectivity index (χ0v) is 16.6. The van der Waals surface area contributed by atoms with Crippen molar-refractivity contribution in [2.45, 2.75) is 13.5 Å². The van der Waals surface area contributed by atoms with E-state index in [9.17, 15) is 9.59 Å². The van der Waals surface area contributed by atoms with Crippen LogP contribution in [-0.4, -0.2) is 30.2 Å². The molecule has 0 bridgehead atoms. The van der Waals surface area contributed by atoms with Gasteiger partial charge < -0.3 is 10.6 Å². The summed E-state index contributed by atoms with van der Waals surface area (Å²) in [6.07, 6.45) is 5.12. The van der Waals surface area contributed by atoms with E-state index in [1.165, 1.54) is 4.68 Å². The summed E-state index contributed by atoms with van der Waals surface area (Å²) in [6, 6.07) is 14.3. The van der Waals surface area contributed by atoms with Gasteiger partial charge in [-0.1, -0.05) is 18.2 Å². The molecule has 2 N–H and O–H groups in total. The third-order valence-electron chi connectivity index (χ3n) is 4.79. The van der Waals surface area contributed by atoms with Crippen LogP contribution >= 0.6 is 0 Å². The van der Waals surface area contributed by atoms with Crippen LogP contribution in [0.15, 0.2) is 71.9 Å². The van der Waals surface area contributed by atoms with Crippen LogP contribution in [0.5, 0.6) is 0 Å². The molecule has 0 saturated carbocycles. The van der Waals surface area contributed by atoms with Crippen molar-refractivity contribution in [3.63, 3.8) is 0 Å². The van der Waals surface area contributed by atoms with Crippen molar-refractivity contribution in [1.82, 2.24) is 29.4 Å². The summed E-state index contributed by atoms with van der Waals surface area (Å²) in [5.41, 5.74) is 2.19. The van der Waals surface area contributed by atoms with Gasteiger partial charge in [0.1, 0.15) is 5.69 Å². The molecular weight excluding hydrogens is 382 g/mol. The molecule has 0 aliphatic carbocycles. The average molecular weight is 403 g/mol. The second-order valence-electron chi connectivity index (χ2n) is 6.72. The van der Waals surface area contributed by atoms with E-state index in [0.717, 1.165) is 11.3 Å². The molecule has 4 aromatic rings. The van der Waals surface area contributed by atoms with Gasteiger partial charge >= 0.3 is 6.03 Å². The van der Waals surface area contributed by atoms with E-state index in [4.69, 9.17) is 0 Å². The van der Waals surface area contributed by atoms with Gasteiger partial charge in [0.25, 0.3) is 5.56 Å². The third kappa shape index (κ3) is 3.72. The number of nitrogens with one attached hydrogen (secondary N) is 2. The van der Waals surface area contributed by atoms with Crippen molar-refractivity contribution in [3.8, 4) is 11.5 Å². The van der Waals surface area contributed by atoms with Gasteiger partial charge in [0.2, 0.25) is 0 Å². The quantitative estimate of drug-likeness (QED) is 0.534. The number of para-hydroxylation sites is 1. The highest BCUT2D eigenvalue weighted by Gasteiger charge is 2.17. The second-order valence-corrected chi connectivity index (χ2v) is 6.72. The van der Waals surface area contributed by atoms with Crippen molar-refractivity contribution in [2.24, 2.45) is 7.05 Å². The number of rotatable bonds is 5. The van der Waals surface area contributed by atoms with Crippen LogP contribution < -0.4 is 16.2 Å². The fourth-order valence-corrected chi connectivity index (χ4v) is 3.15. The lowest BCUT2D eigenvalue weighted by molar-refractivity contribution is 0.251. The minimum Gasteiger partial charge on any atom is -0.334 e. The molecule has 0 spiro atoms. The Labute approximate surface area is 172 Å². The monoisotopic (exact) mass is 403 g/mol. The Hall–Kier alpha value is -4.14. The highest BCUT2D eigenvalue weighted by atomic mass is 16.2. The van der Waals surface area contributed by atoms with E-state index in [1.54, 1.807) is 41.9 Å². The van der Waals surface area contributed by atoms with Gasteiger partial charge in [0.05, 0.1) is 11.4 Å². The van der Waals surface area contributed by atoms with Crippen molar-refractivity contribution in [2.75, 3.05) is 5.32 Å². The molecular formula is C21H21N7O2. The van der Waals surface area contributed by atoms with Gasteiger partial charge in [0, 0.05) is 32.2 Å². The normalized spacial score (nSPS) is 10.7. The Morgan fingerprint density at radius 1 is 1.10 bits per heavy atom. The predicted octanol–water partition coefficient (Wildman–Crippen LogP) is 2.39. The molecule has 152 valence electrons. The van der Waals surface area contributed by atoms with Crippen LogP contribution in [0.3, 0.4) is 0 Å². The topological polar surface area (TPSA) is 98.8 Å². The standard InChI is InChI=1S/C21H21N7O2/c1-15-19(20(29)28(26(15)2)17-7-4-3-5-8-17)25-21(30)23-14-16-9-11-22-18(13-16)27-12-6-10-24-27/h3-13H,14H2,1-2H3,(H2,23,25,30). The molecule has 1 aromatic carbocycles. The van der Waals surface area contributed by atoms with Gasteiger partial charge in [0.15, 0.2) is 5.82 Å². The Balaban J connectivity index is 1.48. The number of anilines is 1. The molecule has 0 aliphatic rings. The smallest absolute Gasteiger partial charge is 0.319 e. The summed E-state index contributed by atoms with van der Waals surface area (Å²) < 4.78 is 4.87. The number of nitrogens with zero attached hydrogens (tertiary/aromatic N) is 5. The van der Waals surface area contributed by atoms with Crippen LogP contribution in [0.25, 0.3) is 11.5 Å². The first kappa shape index (κ1) is 19.2. The second kappa shape index (κ2) is 8.08. The number of carbonyl (C=O) groups is 1. The van der Waals surface area contributed by atoms with Crippen molar-refractivity contribution >= 4 is 11.7 Å². The molecule has 9 heteroatoms. The van der Waals surface area contributed by atoms with E-state index < -0.39 is 6.03 Å². The van der Waals surface area contributed by atoms with Crippen LogP contribution in [0, 0.1) is 6.92 Å². The van der Waals surface area contributed by atoms with E-state index in [2.05, 4.69) is 20.7 Å². The maximum absolute atomic E-state index is 12.9. The number of hydrogen-bond acceptors (Lipinski definition) is 4. The number of aromatic nitrogens is 5. The molecule has 2 amide bonds. The van der Waals surface area contributed by atoms with Crippen molar-refractivity contribution < 1.29 is 4.79 Å². The molecule has 30 heavy (non-hydrogen) atoms. The van der Waals surface area contributed by atoms with E-state index in [-0.39, 0.29) is 17.8 Å². The molecule has 0 aliphatic heterocycles. The maximum atomic E-state index is 12.9. The Morgan fingerprint density at radius 2 is 1.90 bits per heavy atom. The first-order valence-corrected chi connectivity index (χ1v) is 9.38. The van der Waals surface area contributed by atoms with Crippen molar-refractivity contribution in [1.29, 1.82) is 0 Å². The van der Waals surface area contributed by atoms with Gasteiger partial charge in [-0.2, -0.15) is 5.10 Å². The van der Waals surface area contributed by atoms with Crippen LogP contribution in [0.4, 0.5) is 10.5 Å². The third-order valence-corrected chi connectivity index (χ3v) is 4.79. The first-order valence-electron chi connectivity index (χ1n) is 9.38. The maximum Gasteiger partial charge on any atom is 0.319 e. The van der Waals surface area contributed by atoms with Gasteiger partial charge in [-0.15, -0.1) is 0 Å². The zero-order chi connectivity index (χ0) is 21.1. The number of amides is 2. The van der Waals surface area contributed by atoms with Gasteiger partial charge in [-0.3, -0.25) is 9.48 Å². The molecule has 0 fully saturated rings. The lowest BCUT2D eigenvalue weighted by atomic mass is 10.2. The SMILES string of the molecule is Cc1c(NC(=O)NCc2ccnc(-n3cccn3)c2)c(=O)n(-c2ccccc2)n1C. The number of benzene rings is 1. The first-order chi connectivity index (χ1) is 14.5. The number of pyridine rings is 1. The van der Waals surface area contributed by atoms with Crippen LogP contribution in [0.1, 0.15) is 11.3 Å². The minimum atomic E-state index is -0.460. The summed E-state index contributed by atoms with van der Waals surface area (Å²) in [6.45, 7) is 2.07. The van der Waals surface area contributed by atoms with Gasteiger partial charge in [-0.25, -0.2) is 19.1 Å². The fraction of sp³-hybridized carbons (Fsp3) is 0.143. The Morgan fingerprint density at radius 3 is 2.63 bits per heavy atom. The zero-order valence-electron chi connectivity index (χ0n) is 16.6. The summed E-state index contributed by atoms with van der Waals surface area (Å²) in [7, 11) is 1.78. The summed E-state index contributed by atoms with van der Waals surface area (Å²) in [5, 5.41) is 9.61. The predicted molar refractivity (Wildman–Crippen MR) is 113 cm³/mol. The number of carbonyl (C=O) groups excluding carboxylic acids is 1. The molecule has 3 aromatic heterocycles. The largest absolute Gasteiger partial charge is 0.334 e. The van der Waals surface area contributed by atoms with Crippen LogP contribution in [-0.2, 0) is 13.6 Å². The summed E-state index contributed by atoms with van der Waals surface area (Å²) in [5.74, 6) is 0.657. The average Bonchev–Trinajstić information content (AvgIpc) is 3.37. The van der Waals surface area contributed by atoms with Gasteiger partial charge in [-0.05, 0) is 42.8 Å². The number of hydrogen-bond donors (Lipinski definition) is 2. The Bertz CT molecular complexity index is 1220. The highest BCUT2D eigenvalue weighted by molar-refractivity contribution is 5.89. The minimum absolute atomic E-state index is 0.241. The number of urea groups is 1. The molecule has 0 saturated heterocycles. The van der Waals surface area contributed by atoms with Crippen molar-refractivity contribution in [3.05, 3.63) is 88.7 Å². The molecule has 4 rings (SSSR count). The van der Waals surface area contributed by atoms with E-state index >= 15 is 0 Å². The highest BCUT2D eigenvalue weighted by Crippen LogP contribution is 2.14. The molecule has 3 heterocycles. The lowest BCUT2D eigenvalue weighted by Crippen LogP contribution is -2.31. The lowest BCUT2D eigenvalue weighted by Gasteiger charge is -2.08. The Kier molecular flexibility index (Phi) is 5.17. The molecule has 0 unspecified atom stereocenters. The van der Waals surface area contributed by atoms with E-state index in [1.807, 2.05) is 48.5 Å². The molecule has 9 nitrogen and oxygen atoms in total.